The number of ketones is 1. The van der Waals surface area contributed by atoms with Gasteiger partial charge in [-0.25, -0.2) is 14.6 Å². The highest BCUT2D eigenvalue weighted by Gasteiger charge is 2.73. The lowest BCUT2D eigenvalue weighted by atomic mass is 9.49. The van der Waals surface area contributed by atoms with E-state index in [-0.39, 0.29) is 46.0 Å². The number of phenols is 2. The lowest BCUT2D eigenvalue weighted by Crippen LogP contribution is -2.76. The molecule has 22 nitrogen and oxygen atoms in total. The number of aromatic hydroxyl groups is 2. The van der Waals surface area contributed by atoms with Gasteiger partial charge in [0.05, 0.1) is 47.0 Å². The number of amides is 1. The van der Waals surface area contributed by atoms with E-state index < -0.39 is 28.7 Å². The number of nitrogens with one attached hydrogen (secondary N) is 1. The molecule has 1 saturated heterocycles. The van der Waals surface area contributed by atoms with Crippen LogP contribution in [0.4, 0.5) is 17.1 Å². The molecule has 2 bridgehead atoms. The zero-order chi connectivity index (χ0) is 70.4. The van der Waals surface area contributed by atoms with Crippen molar-refractivity contribution in [1.29, 1.82) is 0 Å². The van der Waals surface area contributed by atoms with Gasteiger partial charge in [0.25, 0.3) is 5.56 Å². The molecule has 98 heavy (non-hydrogen) atoms. The van der Waals surface area contributed by atoms with Crippen LogP contribution in [0.1, 0.15) is 98.7 Å². The number of nitrogens with zero attached hydrogens (tertiary/aromatic N) is 9. The summed E-state index contributed by atoms with van der Waals surface area (Å²) in [6, 6.07) is 38.8. The number of methoxy groups -OCH3 is 1. The third-order valence-corrected chi connectivity index (χ3v) is 21.2. The number of imidazole rings is 1. The number of aliphatic hydroxyl groups is 2. The number of aromatic carboxylic acids is 1. The molecule has 7 atom stereocenters. The Labute approximate surface area is 576 Å². The van der Waals surface area contributed by atoms with E-state index in [0.717, 1.165) is 91.2 Å². The Kier molecular flexibility index (Phi) is 22.4. The molecule has 1 unspecified atom stereocenters. The molecular formula is C75H92N10O12S. The van der Waals surface area contributed by atoms with Crippen LogP contribution in [0.5, 0.6) is 23.0 Å². The number of carboxylic acid groups (broad SMARTS) is 1. The van der Waals surface area contributed by atoms with Crippen LogP contribution >= 0.6 is 11.8 Å². The number of carboxylic acids is 1. The summed E-state index contributed by atoms with van der Waals surface area (Å²) in [5.74, 6) is 1.64. The van der Waals surface area contributed by atoms with Crippen LogP contribution in [0.25, 0.3) is 11.2 Å². The molecule has 4 fully saturated rings. The van der Waals surface area contributed by atoms with E-state index in [0.29, 0.717) is 47.4 Å². The van der Waals surface area contributed by atoms with E-state index >= 15 is 0 Å². The average molecular weight is 1360 g/mol. The van der Waals surface area contributed by atoms with Gasteiger partial charge in [-0.15, -0.1) is 0 Å². The number of pyridine rings is 1. The first-order chi connectivity index (χ1) is 46.8. The Balaban J connectivity index is 0.000000132. The van der Waals surface area contributed by atoms with Crippen molar-refractivity contribution in [2.75, 3.05) is 71.7 Å². The number of hydrogen-bond acceptors (Lipinski definition) is 18. The minimum atomic E-state index is -0.942. The quantitative estimate of drug-likeness (QED) is 0.0658. The van der Waals surface area contributed by atoms with Crippen molar-refractivity contribution in [3.63, 3.8) is 0 Å². The molecule has 8 aromatic rings. The van der Waals surface area contributed by atoms with E-state index in [2.05, 4.69) is 119 Å². The standard InChI is InChI=1S/C20H23NO4.C17H20N2S.C16H25NO2.C8H10N4O2.C8H9NO2.C6H5NO2/c22-13-4-3-12-9-15-20(24)6-5-14(23)18-19(20,16(12)17(13)25-18)7-8-21(15)10-11-1-2-11;1-13(18(2)3)12-19-14-8-4-6-10-16(14)20-17-11-7-5-9-15(17)19;1-17(2)12-14-7-4-5-10-16(14,18)13-8-6-9-15(11-13)19-3;1-10-4-9-6-5(10)7(13)12(3)8(14)11(6)2;1-6(10)9-7-2-4-8(11)5-3-7;8-6(9)5-2-1-3-7-4-5/h3-4,11,15,18,22,24H,1-2,5-10H2;4-11,13H,12H2,1-3H3;6,8-9,11,14,18H,4-5,7,10,12H2,1-3H3;4H,1-3H3;2-5,11H,1H3,(H,9,10);1-4H,(H,8,9)/t15-,18+,19+,20-;;14-,16+;;;/m1.1.../s1. The Hall–Kier alpha value is -8.84. The fourth-order valence-corrected chi connectivity index (χ4v) is 15.7. The molecule has 520 valence electrons. The molecule has 0 radical (unpaired) electrons. The van der Waals surface area contributed by atoms with Crippen molar-refractivity contribution in [3.05, 3.63) is 183 Å². The normalized spacial score (nSPS) is 22.4. The third kappa shape index (κ3) is 15.1. The number of anilines is 3. The number of aryl methyl sites for hydroxylation is 2. The highest BCUT2D eigenvalue weighted by molar-refractivity contribution is 7.99. The van der Waals surface area contributed by atoms with Crippen LogP contribution in [-0.2, 0) is 48.2 Å². The van der Waals surface area contributed by atoms with Crippen molar-refractivity contribution in [2.24, 2.45) is 33.0 Å². The molecule has 5 aromatic carbocycles. The van der Waals surface area contributed by atoms with Gasteiger partial charge < -0.3 is 59.6 Å². The summed E-state index contributed by atoms with van der Waals surface area (Å²) < 4.78 is 15.4. The number of rotatable bonds is 11. The van der Waals surface area contributed by atoms with Gasteiger partial charge in [-0.05, 0) is 183 Å². The zero-order valence-electron chi connectivity index (χ0n) is 57.6. The molecule has 4 aliphatic carbocycles. The number of benzene rings is 5. The maximum Gasteiger partial charge on any atom is 0.337 e. The second-order valence-electron chi connectivity index (χ2n) is 27.0. The number of fused-ring (bicyclic) bond motifs is 3. The molecule has 1 spiro atoms. The van der Waals surface area contributed by atoms with Crippen molar-refractivity contribution in [3.8, 4) is 23.0 Å². The number of carbonyl (C=O) groups is 3. The minimum absolute atomic E-state index is 0.0454. The number of phenolic OH excluding ortho intramolecular Hbond substituents is 2. The Morgan fingerprint density at radius 2 is 1.52 bits per heavy atom. The molecule has 23 heteroatoms. The summed E-state index contributed by atoms with van der Waals surface area (Å²) in [4.78, 5) is 76.2. The lowest BCUT2D eigenvalue weighted by Gasteiger charge is -2.62. The number of likely N-dealkylation sites (tertiary alicyclic amines) is 1. The van der Waals surface area contributed by atoms with Gasteiger partial charge in [-0.2, -0.15) is 0 Å². The van der Waals surface area contributed by atoms with Crippen LogP contribution in [-0.4, -0.2) is 167 Å². The largest absolute Gasteiger partial charge is 0.508 e. The van der Waals surface area contributed by atoms with E-state index in [1.54, 1.807) is 50.0 Å². The number of ether oxygens (including phenoxy) is 2. The maximum absolute atomic E-state index is 12.7. The van der Waals surface area contributed by atoms with E-state index in [1.165, 1.54) is 95.9 Å². The SMILES string of the molecule is CC(=O)Nc1ccc(O)cc1.CC(CN1c2ccccc2Sc2ccccc21)N(C)C.COc1cccc([C@@]2(O)CCCC[C@@H]2CN(C)C)c1.Cn1c(=O)c2c(ncn2C)n(C)c1=O.O=C(O)c1cccnc1.O=C1CC[C@@]2(O)[C@H]3Cc4ccc(O)c5c4[C@@]2(CCN3CC2CC2)[C@H]1O5. The topological polar surface area (TPSA) is 271 Å². The van der Waals surface area contributed by atoms with Crippen molar-refractivity contribution < 1.29 is 49.4 Å². The second-order valence-corrected chi connectivity index (χ2v) is 28.1. The van der Waals surface area contributed by atoms with Gasteiger partial charge in [0, 0.05) is 106 Å². The zero-order valence-corrected chi connectivity index (χ0v) is 58.4. The number of piperidine rings is 1. The smallest absolute Gasteiger partial charge is 0.337 e. The summed E-state index contributed by atoms with van der Waals surface area (Å²) in [6.07, 6.45) is 12.9. The van der Waals surface area contributed by atoms with Gasteiger partial charge in [0.15, 0.2) is 34.6 Å². The van der Waals surface area contributed by atoms with Gasteiger partial charge in [-0.3, -0.25) is 33.4 Å². The molecule has 3 aromatic heterocycles. The van der Waals surface area contributed by atoms with Crippen LogP contribution in [0, 0.1) is 11.8 Å². The molecule has 1 amide bonds. The van der Waals surface area contributed by atoms with Crippen molar-refractivity contribution in [2.45, 2.75) is 123 Å². The van der Waals surface area contributed by atoms with Gasteiger partial charge in [0.1, 0.15) is 11.5 Å². The second kappa shape index (κ2) is 30.5. The van der Waals surface area contributed by atoms with Gasteiger partial charge >= 0.3 is 11.7 Å². The van der Waals surface area contributed by atoms with Crippen LogP contribution in [0.2, 0.25) is 0 Å². The van der Waals surface area contributed by atoms with E-state index in [4.69, 9.17) is 19.7 Å². The fraction of sp³-hybridized carbons (Fsp3) is 0.427. The summed E-state index contributed by atoms with van der Waals surface area (Å²) in [5.41, 5.74) is 4.48. The Morgan fingerprint density at radius 1 is 0.827 bits per heavy atom. The number of Topliss-reactive ketones (excluding diaryl/α,β-unsaturated/α-hetero) is 1. The average Bonchev–Trinajstić information content (AvgIpc) is 1.32. The highest BCUT2D eigenvalue weighted by atomic mass is 32.2. The van der Waals surface area contributed by atoms with E-state index in [1.807, 2.05) is 42.1 Å². The predicted molar refractivity (Wildman–Crippen MR) is 379 cm³/mol. The van der Waals surface area contributed by atoms with Crippen LogP contribution < -0.4 is 30.9 Å². The van der Waals surface area contributed by atoms with Gasteiger partial charge in [0.2, 0.25) is 5.91 Å². The first-order valence-electron chi connectivity index (χ1n) is 33.4. The number of para-hydroxylation sites is 2. The first kappa shape index (κ1) is 71.9. The Bertz CT molecular complexity index is 4230. The molecular weight excluding hydrogens is 1260 g/mol. The molecule has 6 N–H and O–H groups in total. The Morgan fingerprint density at radius 3 is 2.13 bits per heavy atom. The highest BCUT2D eigenvalue weighted by Crippen LogP contribution is 2.65. The number of likely N-dealkylation sites (N-methyl/N-ethyl adjacent to an activating group) is 1. The minimum Gasteiger partial charge on any atom is -0.508 e. The molecule has 6 heterocycles. The molecule has 15 rings (SSSR count). The molecule has 7 aliphatic rings. The van der Waals surface area contributed by atoms with Crippen LogP contribution in [0.15, 0.2) is 159 Å². The number of aromatic nitrogens is 5. The summed E-state index contributed by atoms with van der Waals surface area (Å²) in [7, 11) is 14.9. The van der Waals surface area contributed by atoms with Crippen molar-refractivity contribution >= 4 is 57.6 Å². The van der Waals surface area contributed by atoms with Crippen molar-refractivity contribution in [1.82, 2.24) is 38.4 Å². The van der Waals surface area contributed by atoms with Gasteiger partial charge in [-0.1, -0.05) is 67.1 Å². The summed E-state index contributed by atoms with van der Waals surface area (Å²) in [5, 5.41) is 53.3. The maximum atomic E-state index is 12.7. The van der Waals surface area contributed by atoms with Crippen LogP contribution in [0.3, 0.4) is 0 Å². The molecule has 3 saturated carbocycles. The first-order valence-corrected chi connectivity index (χ1v) is 34.2. The third-order valence-electron chi connectivity index (χ3n) is 20.0. The predicted octanol–water partition coefficient (Wildman–Crippen LogP) is 9.50. The monoisotopic (exact) mass is 1360 g/mol. The lowest BCUT2D eigenvalue weighted by molar-refractivity contribution is -0.188. The summed E-state index contributed by atoms with van der Waals surface area (Å²) in [6.45, 7) is 7.59. The molecule has 3 aliphatic heterocycles. The van der Waals surface area contributed by atoms with E-state index in [9.17, 15) is 39.3 Å². The summed E-state index contributed by atoms with van der Waals surface area (Å²) >= 11 is 1.87. The number of carbonyl (C=O) groups excluding carboxylic acids is 2. The number of hydrogen-bond donors (Lipinski definition) is 6. The fourth-order valence-electron chi connectivity index (χ4n) is 14.6.